The van der Waals surface area contributed by atoms with Crippen LogP contribution in [0.2, 0.25) is 5.02 Å². The van der Waals surface area contributed by atoms with Crippen molar-refractivity contribution in [2.75, 3.05) is 30.8 Å². The number of aryl methyl sites for hydroxylation is 1. The van der Waals surface area contributed by atoms with Crippen LogP contribution in [0.25, 0.3) is 0 Å². The number of carbonyl (C=O) groups is 2. The van der Waals surface area contributed by atoms with Gasteiger partial charge in [-0.1, -0.05) is 36.7 Å². The maximum Gasteiger partial charge on any atom is 0.238 e. The number of likely N-dealkylation sites (N-methyl/N-ethyl adjacent to an activating group) is 1. The second-order valence-electron chi connectivity index (χ2n) is 5.91. The molecule has 138 valence electrons. The minimum Gasteiger partial charge on any atom is -0.325 e. The number of nitrogens with zero attached hydrogens (tertiary/aromatic N) is 1. The van der Waals surface area contributed by atoms with Gasteiger partial charge in [-0.2, -0.15) is 0 Å². The van der Waals surface area contributed by atoms with Gasteiger partial charge >= 0.3 is 0 Å². The molecule has 2 aromatic rings. The van der Waals surface area contributed by atoms with Crippen LogP contribution in [0.5, 0.6) is 0 Å². The third kappa shape index (κ3) is 5.82. The highest BCUT2D eigenvalue weighted by Crippen LogP contribution is 2.19. The van der Waals surface area contributed by atoms with Crippen molar-refractivity contribution < 1.29 is 14.0 Å². The van der Waals surface area contributed by atoms with E-state index in [0.717, 1.165) is 17.7 Å². The first-order valence-electron chi connectivity index (χ1n) is 8.20. The van der Waals surface area contributed by atoms with Gasteiger partial charge < -0.3 is 10.6 Å². The van der Waals surface area contributed by atoms with Gasteiger partial charge in [0.25, 0.3) is 0 Å². The molecule has 0 aromatic heterocycles. The third-order valence-electron chi connectivity index (χ3n) is 3.70. The molecule has 2 N–H and O–H groups in total. The summed E-state index contributed by atoms with van der Waals surface area (Å²) in [6.45, 7) is 2.09. The molecular weight excluding hydrogens is 357 g/mol. The number of rotatable bonds is 7. The Bertz CT molecular complexity index is 798. The highest BCUT2D eigenvalue weighted by Gasteiger charge is 2.12. The Balaban J connectivity index is 1.85. The van der Waals surface area contributed by atoms with Crippen molar-refractivity contribution in [1.29, 1.82) is 0 Å². The third-order valence-corrected chi connectivity index (χ3v) is 3.99. The number of halogens is 2. The van der Waals surface area contributed by atoms with E-state index in [1.165, 1.54) is 18.2 Å². The van der Waals surface area contributed by atoms with Crippen LogP contribution in [0.1, 0.15) is 12.5 Å². The van der Waals surface area contributed by atoms with Crippen molar-refractivity contribution in [1.82, 2.24) is 4.90 Å². The highest BCUT2D eigenvalue weighted by atomic mass is 35.5. The molecule has 7 heteroatoms. The largest absolute Gasteiger partial charge is 0.325 e. The van der Waals surface area contributed by atoms with Crippen LogP contribution in [0.4, 0.5) is 15.8 Å². The zero-order valence-electron chi connectivity index (χ0n) is 14.7. The maximum absolute atomic E-state index is 13.1. The number of amides is 2. The van der Waals surface area contributed by atoms with E-state index >= 15 is 0 Å². The number of carbonyl (C=O) groups excluding carboxylic acids is 2. The van der Waals surface area contributed by atoms with Crippen molar-refractivity contribution in [2.24, 2.45) is 0 Å². The highest BCUT2D eigenvalue weighted by molar-refractivity contribution is 6.31. The Kier molecular flexibility index (Phi) is 7.12. The van der Waals surface area contributed by atoms with Crippen LogP contribution >= 0.6 is 11.6 Å². The molecule has 0 saturated carbocycles. The maximum atomic E-state index is 13.1. The molecule has 2 aromatic carbocycles. The Morgan fingerprint density at radius 1 is 1.08 bits per heavy atom. The molecule has 0 saturated heterocycles. The Morgan fingerprint density at radius 3 is 2.38 bits per heavy atom. The Hall–Kier alpha value is -2.44. The lowest BCUT2D eigenvalue weighted by atomic mass is 10.1. The second-order valence-corrected chi connectivity index (χ2v) is 6.32. The number of hydrogen-bond donors (Lipinski definition) is 2. The molecule has 2 amide bonds. The molecule has 0 bridgehead atoms. The zero-order chi connectivity index (χ0) is 19.1. The first kappa shape index (κ1) is 19.9. The number of nitrogens with one attached hydrogen (secondary N) is 2. The van der Waals surface area contributed by atoms with Gasteiger partial charge in [0.2, 0.25) is 11.8 Å². The molecule has 0 aliphatic rings. The van der Waals surface area contributed by atoms with Crippen LogP contribution in [0.3, 0.4) is 0 Å². The van der Waals surface area contributed by atoms with E-state index in [0.29, 0.717) is 5.69 Å². The van der Waals surface area contributed by atoms with Gasteiger partial charge in [0.05, 0.1) is 18.1 Å². The monoisotopic (exact) mass is 377 g/mol. The summed E-state index contributed by atoms with van der Waals surface area (Å²) in [5.74, 6) is -1.08. The lowest BCUT2D eigenvalue weighted by Gasteiger charge is -2.17. The Morgan fingerprint density at radius 2 is 1.73 bits per heavy atom. The summed E-state index contributed by atoms with van der Waals surface area (Å²) >= 11 is 5.68. The molecule has 0 heterocycles. The molecule has 0 aliphatic heterocycles. The van der Waals surface area contributed by atoms with E-state index in [1.54, 1.807) is 11.9 Å². The summed E-state index contributed by atoms with van der Waals surface area (Å²) in [5, 5.41) is 5.41. The first-order chi connectivity index (χ1) is 12.4. The van der Waals surface area contributed by atoms with Crippen LogP contribution in [-0.2, 0) is 16.0 Å². The van der Waals surface area contributed by atoms with Crippen LogP contribution in [0, 0.1) is 5.82 Å². The molecule has 0 fully saturated rings. The quantitative estimate of drug-likeness (QED) is 0.775. The lowest BCUT2D eigenvalue weighted by molar-refractivity contribution is -0.119. The molecule has 0 unspecified atom stereocenters. The molecule has 0 radical (unpaired) electrons. The van der Waals surface area contributed by atoms with Gasteiger partial charge in [0.1, 0.15) is 5.82 Å². The fourth-order valence-electron chi connectivity index (χ4n) is 2.46. The standard InChI is InChI=1S/C19H21ClFN3O2/c1-3-13-6-4-5-7-17(13)23-19(26)12-24(2)11-18(25)22-14-8-9-16(21)15(20)10-14/h4-10H,3,11-12H2,1-2H3,(H,22,25)(H,23,26). The van der Waals surface area contributed by atoms with Gasteiger partial charge in [-0.3, -0.25) is 14.5 Å². The predicted molar refractivity (Wildman–Crippen MR) is 102 cm³/mol. The summed E-state index contributed by atoms with van der Waals surface area (Å²) in [7, 11) is 1.67. The van der Waals surface area contributed by atoms with Gasteiger partial charge in [0, 0.05) is 11.4 Å². The van der Waals surface area contributed by atoms with Crippen LogP contribution in [0.15, 0.2) is 42.5 Å². The normalized spacial score (nSPS) is 10.7. The number of anilines is 2. The summed E-state index contributed by atoms with van der Waals surface area (Å²) in [5.41, 5.74) is 2.23. The van der Waals surface area contributed by atoms with Gasteiger partial charge in [-0.15, -0.1) is 0 Å². The fourth-order valence-corrected chi connectivity index (χ4v) is 2.64. The molecule has 0 spiro atoms. The number of para-hydroxylation sites is 1. The zero-order valence-corrected chi connectivity index (χ0v) is 15.4. The predicted octanol–water partition coefficient (Wildman–Crippen LogP) is 3.55. The molecule has 5 nitrogen and oxygen atoms in total. The van der Waals surface area contributed by atoms with Crippen molar-refractivity contribution >= 4 is 34.8 Å². The van der Waals surface area contributed by atoms with Crippen molar-refractivity contribution in [3.05, 3.63) is 58.9 Å². The lowest BCUT2D eigenvalue weighted by Crippen LogP contribution is -2.36. The fraction of sp³-hybridized carbons (Fsp3) is 0.263. The summed E-state index contributed by atoms with van der Waals surface area (Å²) < 4.78 is 13.1. The van der Waals surface area contributed by atoms with E-state index in [9.17, 15) is 14.0 Å². The van der Waals surface area contributed by atoms with Gasteiger partial charge in [0.15, 0.2) is 0 Å². The number of hydrogen-bond acceptors (Lipinski definition) is 3. The van der Waals surface area contributed by atoms with Gasteiger partial charge in [-0.25, -0.2) is 4.39 Å². The number of benzene rings is 2. The molecule has 0 atom stereocenters. The summed E-state index contributed by atoms with van der Waals surface area (Å²) in [4.78, 5) is 25.8. The van der Waals surface area contributed by atoms with E-state index in [2.05, 4.69) is 10.6 Å². The smallest absolute Gasteiger partial charge is 0.238 e. The average Bonchev–Trinajstić information content (AvgIpc) is 2.58. The van der Waals surface area contributed by atoms with Crippen molar-refractivity contribution in [2.45, 2.75) is 13.3 Å². The molecular formula is C19H21ClFN3O2. The second kappa shape index (κ2) is 9.31. The minimum atomic E-state index is -0.550. The minimum absolute atomic E-state index is 0.0117. The molecule has 2 rings (SSSR count). The van der Waals surface area contributed by atoms with Crippen LogP contribution in [-0.4, -0.2) is 36.9 Å². The summed E-state index contributed by atoms with van der Waals surface area (Å²) in [6.07, 6.45) is 0.814. The summed E-state index contributed by atoms with van der Waals surface area (Å²) in [6, 6.07) is 11.5. The molecule has 26 heavy (non-hydrogen) atoms. The first-order valence-corrected chi connectivity index (χ1v) is 8.58. The topological polar surface area (TPSA) is 61.4 Å². The van der Waals surface area contributed by atoms with Crippen molar-refractivity contribution in [3.8, 4) is 0 Å². The molecule has 0 aliphatic carbocycles. The van der Waals surface area contributed by atoms with E-state index in [1.807, 2.05) is 31.2 Å². The Labute approximate surface area is 157 Å². The van der Waals surface area contributed by atoms with E-state index in [-0.39, 0.29) is 29.9 Å². The van der Waals surface area contributed by atoms with Gasteiger partial charge in [-0.05, 0) is 43.3 Å². The average molecular weight is 378 g/mol. The SMILES string of the molecule is CCc1ccccc1NC(=O)CN(C)CC(=O)Nc1ccc(F)c(Cl)c1. The van der Waals surface area contributed by atoms with Crippen LogP contribution < -0.4 is 10.6 Å². The van der Waals surface area contributed by atoms with E-state index < -0.39 is 5.82 Å². The van der Waals surface area contributed by atoms with Crippen molar-refractivity contribution in [3.63, 3.8) is 0 Å². The van der Waals surface area contributed by atoms with E-state index in [4.69, 9.17) is 11.6 Å².